The molecular weight excluding hydrogens is 350 g/mol. The summed E-state index contributed by atoms with van der Waals surface area (Å²) >= 11 is 0. The van der Waals surface area contributed by atoms with Gasteiger partial charge in [-0.3, -0.25) is 29.5 Å². The molecular formula is C18H25N5O4. The molecule has 1 aliphatic carbocycles. The van der Waals surface area contributed by atoms with Gasteiger partial charge in [0, 0.05) is 50.0 Å². The van der Waals surface area contributed by atoms with E-state index < -0.39 is 4.92 Å². The van der Waals surface area contributed by atoms with E-state index in [0.29, 0.717) is 31.4 Å². The zero-order valence-corrected chi connectivity index (χ0v) is 15.4. The van der Waals surface area contributed by atoms with E-state index >= 15 is 0 Å². The van der Waals surface area contributed by atoms with Crippen LogP contribution in [-0.4, -0.2) is 71.3 Å². The summed E-state index contributed by atoms with van der Waals surface area (Å²) in [6, 6.07) is 5.85. The summed E-state index contributed by atoms with van der Waals surface area (Å²) in [5, 5.41) is 16.5. The molecule has 1 aromatic carbocycles. The predicted molar refractivity (Wildman–Crippen MR) is 100 cm³/mol. The summed E-state index contributed by atoms with van der Waals surface area (Å²) in [7, 11) is 0. The minimum absolute atomic E-state index is 0.0112. The van der Waals surface area contributed by atoms with Gasteiger partial charge in [0.05, 0.1) is 17.5 Å². The van der Waals surface area contributed by atoms with Gasteiger partial charge in [-0.05, 0) is 31.9 Å². The molecule has 2 fully saturated rings. The predicted octanol–water partition coefficient (Wildman–Crippen LogP) is 0.818. The molecule has 2 N–H and O–H groups in total. The van der Waals surface area contributed by atoms with Crippen molar-refractivity contribution in [3.05, 3.63) is 34.4 Å². The summed E-state index contributed by atoms with van der Waals surface area (Å²) in [5.41, 5.74) is 0.524. The molecule has 2 aliphatic rings. The number of nitro groups is 1. The van der Waals surface area contributed by atoms with E-state index in [1.165, 1.54) is 24.3 Å². The van der Waals surface area contributed by atoms with Crippen molar-refractivity contribution in [1.82, 2.24) is 15.1 Å². The second kappa shape index (κ2) is 8.45. The molecule has 0 aromatic heterocycles. The van der Waals surface area contributed by atoms with Crippen LogP contribution in [0.2, 0.25) is 0 Å². The van der Waals surface area contributed by atoms with Crippen LogP contribution in [-0.2, 0) is 9.59 Å². The SMILES string of the molecule is CC(C(=O)Nc1ccc([N+](=O)[O-])cc1)N1CCN(CC(=O)NC2CC2)CC1. The van der Waals surface area contributed by atoms with Gasteiger partial charge in [-0.25, -0.2) is 0 Å². The maximum Gasteiger partial charge on any atom is 0.269 e. The lowest BCUT2D eigenvalue weighted by Crippen LogP contribution is -2.54. The number of carbonyl (C=O) groups is 2. The molecule has 0 radical (unpaired) electrons. The highest BCUT2D eigenvalue weighted by Gasteiger charge is 2.28. The second-order valence-electron chi connectivity index (χ2n) is 7.12. The average Bonchev–Trinajstić information content (AvgIpc) is 3.46. The average molecular weight is 375 g/mol. The van der Waals surface area contributed by atoms with Crippen molar-refractivity contribution in [2.75, 3.05) is 38.0 Å². The number of nitro benzene ring substituents is 1. The van der Waals surface area contributed by atoms with Crippen molar-refractivity contribution in [2.45, 2.75) is 31.8 Å². The van der Waals surface area contributed by atoms with Crippen molar-refractivity contribution in [3.8, 4) is 0 Å². The van der Waals surface area contributed by atoms with Crippen LogP contribution < -0.4 is 10.6 Å². The topological polar surface area (TPSA) is 108 Å². The lowest BCUT2D eigenvalue weighted by atomic mass is 10.2. The van der Waals surface area contributed by atoms with Gasteiger partial charge in [0.2, 0.25) is 11.8 Å². The summed E-state index contributed by atoms with van der Waals surface area (Å²) in [6.07, 6.45) is 2.17. The van der Waals surface area contributed by atoms with Crippen molar-refractivity contribution in [3.63, 3.8) is 0 Å². The van der Waals surface area contributed by atoms with Gasteiger partial charge >= 0.3 is 0 Å². The molecule has 0 spiro atoms. The van der Waals surface area contributed by atoms with E-state index in [0.717, 1.165) is 25.9 Å². The van der Waals surface area contributed by atoms with E-state index in [1.54, 1.807) is 0 Å². The Morgan fingerprint density at radius 3 is 2.37 bits per heavy atom. The van der Waals surface area contributed by atoms with E-state index in [2.05, 4.69) is 20.4 Å². The molecule has 1 atom stereocenters. The summed E-state index contributed by atoms with van der Waals surface area (Å²) in [4.78, 5) is 38.7. The number of amides is 2. The third kappa shape index (κ3) is 5.48. The molecule has 1 saturated carbocycles. The smallest absolute Gasteiger partial charge is 0.269 e. The fourth-order valence-electron chi connectivity index (χ4n) is 3.09. The Balaban J connectivity index is 1.43. The van der Waals surface area contributed by atoms with Gasteiger partial charge in [-0.2, -0.15) is 0 Å². The lowest BCUT2D eigenvalue weighted by molar-refractivity contribution is -0.384. The highest BCUT2D eigenvalue weighted by atomic mass is 16.6. The molecule has 1 aliphatic heterocycles. The van der Waals surface area contributed by atoms with E-state index in [1.807, 2.05) is 6.92 Å². The maximum absolute atomic E-state index is 12.5. The first-order valence-corrected chi connectivity index (χ1v) is 9.23. The third-order valence-electron chi connectivity index (χ3n) is 4.99. The number of rotatable bonds is 7. The molecule has 0 bridgehead atoms. The van der Waals surface area contributed by atoms with Crippen LogP contribution in [0, 0.1) is 10.1 Å². The Kier molecular flexibility index (Phi) is 6.02. The van der Waals surface area contributed by atoms with Gasteiger partial charge in [0.1, 0.15) is 0 Å². The van der Waals surface area contributed by atoms with Crippen LogP contribution in [0.25, 0.3) is 0 Å². The Bertz CT molecular complexity index is 696. The quantitative estimate of drug-likeness (QED) is 0.540. The first-order chi connectivity index (χ1) is 12.9. The fraction of sp³-hybridized carbons (Fsp3) is 0.556. The molecule has 1 saturated heterocycles. The van der Waals surface area contributed by atoms with Crippen molar-refractivity contribution < 1.29 is 14.5 Å². The Morgan fingerprint density at radius 2 is 1.81 bits per heavy atom. The van der Waals surface area contributed by atoms with Gasteiger partial charge in [-0.1, -0.05) is 0 Å². The standard InChI is InChI=1S/C18H25N5O4/c1-13(18(25)20-15-4-6-16(7-5-15)23(26)27)22-10-8-21(9-11-22)12-17(24)19-14-2-3-14/h4-7,13-14H,2-3,8-12H2,1H3,(H,19,24)(H,20,25). The summed E-state index contributed by atoms with van der Waals surface area (Å²) in [5.74, 6) is -0.0707. The Morgan fingerprint density at radius 1 is 1.19 bits per heavy atom. The van der Waals surface area contributed by atoms with E-state index in [-0.39, 0.29) is 23.5 Å². The van der Waals surface area contributed by atoms with Crippen LogP contribution in [0.4, 0.5) is 11.4 Å². The molecule has 9 heteroatoms. The zero-order valence-electron chi connectivity index (χ0n) is 15.4. The number of non-ortho nitro benzene ring substituents is 1. The minimum Gasteiger partial charge on any atom is -0.352 e. The van der Waals surface area contributed by atoms with Crippen LogP contribution in [0.1, 0.15) is 19.8 Å². The molecule has 1 aromatic rings. The van der Waals surface area contributed by atoms with Gasteiger partial charge in [0.15, 0.2) is 0 Å². The number of benzene rings is 1. The van der Waals surface area contributed by atoms with E-state index in [9.17, 15) is 19.7 Å². The number of carbonyl (C=O) groups excluding carboxylic acids is 2. The molecule has 1 unspecified atom stereocenters. The number of anilines is 1. The van der Waals surface area contributed by atoms with Crippen molar-refractivity contribution in [1.29, 1.82) is 0 Å². The molecule has 2 amide bonds. The highest BCUT2D eigenvalue weighted by Crippen LogP contribution is 2.19. The molecule has 3 rings (SSSR count). The molecule has 27 heavy (non-hydrogen) atoms. The fourth-order valence-corrected chi connectivity index (χ4v) is 3.09. The number of nitrogens with zero attached hydrogens (tertiary/aromatic N) is 3. The molecule has 9 nitrogen and oxygen atoms in total. The van der Waals surface area contributed by atoms with Gasteiger partial charge < -0.3 is 10.6 Å². The van der Waals surface area contributed by atoms with Crippen LogP contribution >= 0.6 is 0 Å². The summed E-state index contributed by atoms with van der Waals surface area (Å²) in [6.45, 7) is 5.17. The second-order valence-corrected chi connectivity index (χ2v) is 7.12. The third-order valence-corrected chi connectivity index (χ3v) is 4.99. The van der Waals surface area contributed by atoms with Crippen molar-refractivity contribution in [2.24, 2.45) is 0 Å². The number of hydrogen-bond acceptors (Lipinski definition) is 6. The normalized spacial score (nSPS) is 19.3. The lowest BCUT2D eigenvalue weighted by Gasteiger charge is -2.37. The van der Waals surface area contributed by atoms with Crippen LogP contribution in [0.15, 0.2) is 24.3 Å². The highest BCUT2D eigenvalue weighted by molar-refractivity contribution is 5.94. The largest absolute Gasteiger partial charge is 0.352 e. The number of nitrogens with one attached hydrogen (secondary N) is 2. The van der Waals surface area contributed by atoms with Gasteiger partial charge in [0.25, 0.3) is 5.69 Å². The van der Waals surface area contributed by atoms with Gasteiger partial charge in [-0.15, -0.1) is 0 Å². The molecule has 146 valence electrons. The van der Waals surface area contributed by atoms with E-state index in [4.69, 9.17) is 0 Å². The van der Waals surface area contributed by atoms with Crippen LogP contribution in [0.5, 0.6) is 0 Å². The number of piperazine rings is 1. The minimum atomic E-state index is -0.474. The maximum atomic E-state index is 12.5. The zero-order chi connectivity index (χ0) is 19.4. The first-order valence-electron chi connectivity index (χ1n) is 9.23. The number of hydrogen-bond donors (Lipinski definition) is 2. The Hall–Kier alpha value is -2.52. The first kappa shape index (κ1) is 19.2. The van der Waals surface area contributed by atoms with Crippen LogP contribution in [0.3, 0.4) is 0 Å². The monoisotopic (exact) mass is 375 g/mol. The van der Waals surface area contributed by atoms with Crippen molar-refractivity contribution >= 4 is 23.2 Å². The molecule has 1 heterocycles. The Labute approximate surface area is 157 Å². The summed E-state index contributed by atoms with van der Waals surface area (Å²) < 4.78 is 0.